The van der Waals surface area contributed by atoms with E-state index in [9.17, 15) is 23.3 Å². The van der Waals surface area contributed by atoms with E-state index in [1.807, 2.05) is 0 Å². The molecule has 1 amide bonds. The number of amides is 1. The van der Waals surface area contributed by atoms with Crippen LogP contribution >= 0.6 is 0 Å². The van der Waals surface area contributed by atoms with Crippen molar-refractivity contribution in [3.63, 3.8) is 0 Å². The Morgan fingerprint density at radius 3 is 2.33 bits per heavy atom. The van der Waals surface area contributed by atoms with Crippen molar-refractivity contribution in [1.29, 1.82) is 0 Å². The van der Waals surface area contributed by atoms with Crippen LogP contribution in [-0.4, -0.2) is 36.1 Å². The third-order valence-electron chi connectivity index (χ3n) is 2.55. The van der Waals surface area contributed by atoms with E-state index < -0.39 is 26.9 Å². The van der Waals surface area contributed by atoms with Gasteiger partial charge in [-0.05, 0) is 12.1 Å². The predicted octanol–water partition coefficient (Wildman–Crippen LogP) is -0.547. The smallest absolute Gasteiger partial charge is 0.269 e. The first-order chi connectivity index (χ1) is 8.34. The fourth-order valence-corrected chi connectivity index (χ4v) is 3.02. The highest BCUT2D eigenvalue weighted by molar-refractivity contribution is 7.89. The topological polar surface area (TPSA) is 123 Å². The predicted molar refractivity (Wildman–Crippen MR) is 60.0 cm³/mol. The molecule has 96 valence electrons. The quantitative estimate of drug-likeness (QED) is 0.447. The van der Waals surface area contributed by atoms with Crippen LogP contribution in [0, 0.1) is 10.1 Å². The highest BCUT2D eigenvalue weighted by atomic mass is 32.2. The fourth-order valence-electron chi connectivity index (χ4n) is 1.50. The summed E-state index contributed by atoms with van der Waals surface area (Å²) < 4.78 is 24.8. The SMILES string of the molecule is NC(=O)C1CN1S(=O)(=O)c1ccc([N+](=O)[O-])cc1. The van der Waals surface area contributed by atoms with Crippen LogP contribution in [0.1, 0.15) is 0 Å². The maximum Gasteiger partial charge on any atom is 0.269 e. The molecule has 0 aromatic heterocycles. The van der Waals surface area contributed by atoms with E-state index in [0.717, 1.165) is 28.6 Å². The Labute approximate surface area is 102 Å². The standard InChI is InChI=1S/C9H9N3O5S/c10-9(13)8-5-11(8)18(16,17)7-3-1-6(2-4-7)12(14)15/h1-4,8H,5H2,(H2,10,13). The molecular formula is C9H9N3O5S. The van der Waals surface area contributed by atoms with E-state index in [1.165, 1.54) is 0 Å². The Morgan fingerprint density at radius 1 is 1.39 bits per heavy atom. The lowest BCUT2D eigenvalue weighted by Gasteiger charge is -2.04. The lowest BCUT2D eigenvalue weighted by molar-refractivity contribution is -0.384. The summed E-state index contributed by atoms with van der Waals surface area (Å²) in [5, 5.41) is 10.4. The summed E-state index contributed by atoms with van der Waals surface area (Å²) in [6.45, 7) is 0.0503. The number of hydrogen-bond acceptors (Lipinski definition) is 5. The summed E-state index contributed by atoms with van der Waals surface area (Å²) >= 11 is 0. The van der Waals surface area contributed by atoms with Gasteiger partial charge in [0.1, 0.15) is 6.04 Å². The highest BCUT2D eigenvalue weighted by Crippen LogP contribution is 2.28. The van der Waals surface area contributed by atoms with Crippen LogP contribution in [0.3, 0.4) is 0 Å². The van der Waals surface area contributed by atoms with Crippen molar-refractivity contribution >= 4 is 21.6 Å². The largest absolute Gasteiger partial charge is 0.368 e. The average Bonchev–Trinajstić information content (AvgIpc) is 3.09. The summed E-state index contributed by atoms with van der Waals surface area (Å²) in [6, 6.07) is 3.63. The molecule has 2 rings (SSSR count). The molecule has 1 fully saturated rings. The van der Waals surface area contributed by atoms with Gasteiger partial charge in [0, 0.05) is 18.7 Å². The number of benzene rings is 1. The Balaban J connectivity index is 2.27. The third-order valence-corrected chi connectivity index (χ3v) is 4.44. The van der Waals surface area contributed by atoms with E-state index in [-0.39, 0.29) is 17.1 Å². The number of nitro benzene ring substituents is 1. The van der Waals surface area contributed by atoms with Gasteiger partial charge >= 0.3 is 0 Å². The number of carbonyl (C=O) groups excluding carboxylic acids is 1. The molecule has 8 nitrogen and oxygen atoms in total. The number of carbonyl (C=O) groups is 1. The molecule has 1 aliphatic heterocycles. The maximum absolute atomic E-state index is 11.9. The van der Waals surface area contributed by atoms with E-state index in [2.05, 4.69) is 0 Å². The zero-order valence-electron chi connectivity index (χ0n) is 9.02. The van der Waals surface area contributed by atoms with Gasteiger partial charge in [0.15, 0.2) is 0 Å². The van der Waals surface area contributed by atoms with Crippen molar-refractivity contribution in [3.05, 3.63) is 34.4 Å². The first-order valence-corrected chi connectivity index (χ1v) is 6.33. The second-order valence-corrected chi connectivity index (χ2v) is 5.63. The lowest BCUT2D eigenvalue weighted by atomic mass is 10.3. The van der Waals surface area contributed by atoms with Crippen LogP contribution in [-0.2, 0) is 14.8 Å². The van der Waals surface area contributed by atoms with Crippen LogP contribution in [0.15, 0.2) is 29.2 Å². The summed E-state index contributed by atoms with van der Waals surface area (Å²) in [6.07, 6.45) is 0. The summed E-state index contributed by atoms with van der Waals surface area (Å²) in [7, 11) is -3.79. The number of nitrogens with two attached hydrogens (primary N) is 1. The fraction of sp³-hybridized carbons (Fsp3) is 0.222. The number of non-ortho nitro benzene ring substituents is 1. The van der Waals surface area contributed by atoms with E-state index >= 15 is 0 Å². The Kier molecular flexibility index (Phi) is 2.79. The van der Waals surface area contributed by atoms with Crippen molar-refractivity contribution in [2.75, 3.05) is 6.54 Å². The summed E-state index contributed by atoms with van der Waals surface area (Å²) in [5.41, 5.74) is 4.79. The van der Waals surface area contributed by atoms with Crippen LogP contribution in [0.25, 0.3) is 0 Å². The second kappa shape index (κ2) is 4.03. The zero-order valence-corrected chi connectivity index (χ0v) is 9.83. The first kappa shape index (κ1) is 12.5. The molecule has 0 spiro atoms. The monoisotopic (exact) mass is 271 g/mol. The molecule has 0 bridgehead atoms. The Morgan fingerprint density at radius 2 is 1.94 bits per heavy atom. The molecule has 0 aliphatic carbocycles. The molecule has 0 radical (unpaired) electrons. The maximum atomic E-state index is 11.9. The van der Waals surface area contributed by atoms with Crippen LogP contribution in [0.2, 0.25) is 0 Å². The van der Waals surface area contributed by atoms with Gasteiger partial charge < -0.3 is 5.73 Å². The molecule has 2 N–H and O–H groups in total. The molecule has 18 heavy (non-hydrogen) atoms. The van der Waals surface area contributed by atoms with Gasteiger partial charge in [-0.3, -0.25) is 14.9 Å². The average molecular weight is 271 g/mol. The van der Waals surface area contributed by atoms with Crippen LogP contribution in [0.4, 0.5) is 5.69 Å². The van der Waals surface area contributed by atoms with E-state index in [1.54, 1.807) is 0 Å². The Hall–Kier alpha value is -2.00. The zero-order chi connectivity index (χ0) is 13.5. The molecule has 1 aromatic rings. The molecule has 0 saturated carbocycles. The van der Waals surface area contributed by atoms with Crippen molar-refractivity contribution in [3.8, 4) is 0 Å². The van der Waals surface area contributed by atoms with Gasteiger partial charge in [0.05, 0.1) is 9.82 Å². The minimum atomic E-state index is -3.79. The van der Waals surface area contributed by atoms with Gasteiger partial charge in [0.2, 0.25) is 15.9 Å². The lowest BCUT2D eigenvalue weighted by Crippen LogP contribution is -2.24. The molecular weight excluding hydrogens is 262 g/mol. The number of sulfonamides is 1. The number of hydrogen-bond donors (Lipinski definition) is 1. The van der Waals surface area contributed by atoms with Crippen molar-refractivity contribution < 1.29 is 18.1 Å². The molecule has 1 heterocycles. The summed E-state index contributed by atoms with van der Waals surface area (Å²) in [5.74, 6) is -0.708. The van der Waals surface area contributed by atoms with Crippen molar-refractivity contribution in [1.82, 2.24) is 4.31 Å². The number of nitrogens with zero attached hydrogens (tertiary/aromatic N) is 2. The normalized spacial score (nSPS) is 22.4. The first-order valence-electron chi connectivity index (χ1n) is 4.89. The molecule has 1 aromatic carbocycles. The minimum absolute atomic E-state index is 0.0503. The number of nitro groups is 1. The Bertz CT molecular complexity index is 610. The third kappa shape index (κ3) is 2.05. The highest BCUT2D eigenvalue weighted by Gasteiger charge is 2.48. The van der Waals surface area contributed by atoms with Gasteiger partial charge in [-0.25, -0.2) is 8.42 Å². The molecule has 2 unspecified atom stereocenters. The number of rotatable bonds is 4. The molecule has 2 atom stereocenters. The van der Waals surface area contributed by atoms with Crippen molar-refractivity contribution in [2.24, 2.45) is 5.73 Å². The van der Waals surface area contributed by atoms with Gasteiger partial charge in [-0.1, -0.05) is 0 Å². The molecule has 1 aliphatic rings. The van der Waals surface area contributed by atoms with E-state index in [4.69, 9.17) is 5.73 Å². The summed E-state index contributed by atoms with van der Waals surface area (Å²) in [4.78, 5) is 20.5. The second-order valence-electron chi connectivity index (χ2n) is 3.74. The van der Waals surface area contributed by atoms with Crippen molar-refractivity contribution in [2.45, 2.75) is 10.9 Å². The van der Waals surface area contributed by atoms with Crippen LogP contribution < -0.4 is 5.73 Å². The van der Waals surface area contributed by atoms with E-state index in [0.29, 0.717) is 0 Å². The number of primary amides is 1. The molecule has 1 saturated heterocycles. The van der Waals surface area contributed by atoms with Gasteiger partial charge in [-0.2, -0.15) is 4.31 Å². The van der Waals surface area contributed by atoms with Gasteiger partial charge in [0.25, 0.3) is 5.69 Å². The molecule has 9 heteroatoms. The van der Waals surface area contributed by atoms with Gasteiger partial charge in [-0.15, -0.1) is 0 Å². The van der Waals surface area contributed by atoms with Crippen LogP contribution in [0.5, 0.6) is 0 Å². The minimum Gasteiger partial charge on any atom is -0.368 e.